The van der Waals surface area contributed by atoms with Crippen LogP contribution in [0.15, 0.2) is 52.1 Å². The van der Waals surface area contributed by atoms with Gasteiger partial charge in [0.15, 0.2) is 11.2 Å². The molecule has 0 aliphatic carbocycles. The van der Waals surface area contributed by atoms with E-state index in [4.69, 9.17) is 4.74 Å². The molecule has 0 saturated heterocycles. The highest BCUT2D eigenvalue weighted by Crippen LogP contribution is 2.21. The van der Waals surface area contributed by atoms with Gasteiger partial charge in [0.1, 0.15) is 18.5 Å². The number of benzene rings is 2. The normalized spacial score (nSPS) is 12.4. The van der Waals surface area contributed by atoms with Crippen molar-refractivity contribution in [3.63, 3.8) is 0 Å². The van der Waals surface area contributed by atoms with Crippen molar-refractivity contribution < 1.29 is 9.84 Å². The summed E-state index contributed by atoms with van der Waals surface area (Å²) in [5.41, 5.74) is -0.366. The number of rotatable bonds is 8. The summed E-state index contributed by atoms with van der Waals surface area (Å²) >= 11 is 0. The number of aliphatic hydroxyl groups is 1. The average molecular weight is 438 g/mol. The lowest BCUT2D eigenvalue weighted by molar-refractivity contribution is 0.0939. The molecule has 0 spiro atoms. The molecule has 1 atom stereocenters. The van der Waals surface area contributed by atoms with Crippen LogP contribution in [0.1, 0.15) is 13.3 Å². The van der Waals surface area contributed by atoms with Crippen LogP contribution in [0.25, 0.3) is 21.9 Å². The SMILES string of the molecule is CCCNc1nc2c(c(=O)n(C)c(=O)n2C)n1C[C@H](O)COc1ccc2ccccc2c1. The summed E-state index contributed by atoms with van der Waals surface area (Å²) in [6.07, 6.45) is -0.0451. The smallest absolute Gasteiger partial charge is 0.332 e. The van der Waals surface area contributed by atoms with Gasteiger partial charge < -0.3 is 19.7 Å². The fourth-order valence-electron chi connectivity index (χ4n) is 3.71. The Morgan fingerprint density at radius 1 is 1.09 bits per heavy atom. The lowest BCUT2D eigenvalue weighted by Gasteiger charge is -2.16. The lowest BCUT2D eigenvalue weighted by atomic mass is 10.1. The third kappa shape index (κ3) is 3.99. The highest BCUT2D eigenvalue weighted by Gasteiger charge is 2.21. The standard InChI is InChI=1S/C23H27N5O4/c1-4-11-24-22-25-20-19(21(30)27(3)23(31)26(20)2)28(22)13-17(29)14-32-18-10-9-15-7-5-6-8-16(15)12-18/h5-10,12,17,29H,4,11,13-14H2,1-3H3,(H,24,25)/t17-/m0/s1. The van der Waals surface area contributed by atoms with Crippen LogP contribution in [0.4, 0.5) is 5.95 Å². The minimum absolute atomic E-state index is 0.0390. The van der Waals surface area contributed by atoms with Crippen molar-refractivity contribution in [3.05, 3.63) is 63.3 Å². The predicted octanol–water partition coefficient (Wildman–Crippen LogP) is 1.85. The van der Waals surface area contributed by atoms with E-state index in [1.807, 2.05) is 49.4 Å². The van der Waals surface area contributed by atoms with E-state index in [1.54, 1.807) is 11.6 Å². The molecule has 2 heterocycles. The number of aryl methyl sites for hydroxylation is 1. The van der Waals surface area contributed by atoms with Gasteiger partial charge >= 0.3 is 5.69 Å². The van der Waals surface area contributed by atoms with E-state index in [0.29, 0.717) is 18.2 Å². The number of aromatic nitrogens is 4. The molecular formula is C23H27N5O4. The van der Waals surface area contributed by atoms with E-state index in [1.165, 1.54) is 11.6 Å². The fourth-order valence-corrected chi connectivity index (χ4v) is 3.71. The maximum Gasteiger partial charge on any atom is 0.332 e. The molecule has 0 radical (unpaired) electrons. The Hall–Kier alpha value is -3.59. The summed E-state index contributed by atoms with van der Waals surface area (Å²) < 4.78 is 9.82. The summed E-state index contributed by atoms with van der Waals surface area (Å²) in [5, 5.41) is 16.1. The number of ether oxygens (including phenoxy) is 1. The molecular weight excluding hydrogens is 410 g/mol. The van der Waals surface area contributed by atoms with Gasteiger partial charge in [0, 0.05) is 20.6 Å². The molecule has 0 bridgehead atoms. The van der Waals surface area contributed by atoms with Crippen LogP contribution in [0.2, 0.25) is 0 Å². The quantitative estimate of drug-likeness (QED) is 0.436. The van der Waals surface area contributed by atoms with Crippen molar-refractivity contribution in [1.82, 2.24) is 18.7 Å². The van der Waals surface area contributed by atoms with Crippen molar-refractivity contribution in [3.8, 4) is 5.75 Å². The van der Waals surface area contributed by atoms with Crippen molar-refractivity contribution in [1.29, 1.82) is 0 Å². The van der Waals surface area contributed by atoms with Crippen molar-refractivity contribution in [2.75, 3.05) is 18.5 Å². The minimum atomic E-state index is -0.900. The molecule has 0 fully saturated rings. The maximum absolute atomic E-state index is 12.8. The zero-order valence-corrected chi connectivity index (χ0v) is 18.4. The molecule has 4 aromatic rings. The number of hydrogen-bond donors (Lipinski definition) is 2. The highest BCUT2D eigenvalue weighted by molar-refractivity contribution is 5.83. The summed E-state index contributed by atoms with van der Waals surface area (Å²) in [5.74, 6) is 1.09. The van der Waals surface area contributed by atoms with Crippen LogP contribution in [0.3, 0.4) is 0 Å². The molecule has 0 unspecified atom stereocenters. The average Bonchev–Trinajstić information content (AvgIpc) is 3.16. The zero-order chi connectivity index (χ0) is 22.8. The first kappa shape index (κ1) is 21.6. The largest absolute Gasteiger partial charge is 0.491 e. The number of imidazole rings is 1. The fraction of sp³-hybridized carbons (Fsp3) is 0.348. The Kier molecular flexibility index (Phi) is 6.00. The number of nitrogens with one attached hydrogen (secondary N) is 1. The van der Waals surface area contributed by atoms with Gasteiger partial charge in [-0.05, 0) is 29.3 Å². The molecule has 0 saturated carbocycles. The van der Waals surface area contributed by atoms with Crippen molar-refractivity contribution in [2.24, 2.45) is 14.1 Å². The number of anilines is 1. The van der Waals surface area contributed by atoms with Crippen LogP contribution in [-0.4, -0.2) is 43.0 Å². The topological polar surface area (TPSA) is 103 Å². The van der Waals surface area contributed by atoms with Gasteiger partial charge in [0.05, 0.1) is 6.54 Å². The Bertz CT molecular complexity index is 1390. The third-order valence-corrected chi connectivity index (χ3v) is 5.44. The molecule has 9 nitrogen and oxygen atoms in total. The van der Waals surface area contributed by atoms with E-state index in [2.05, 4.69) is 10.3 Å². The molecule has 2 aromatic heterocycles. The first-order chi connectivity index (χ1) is 15.4. The van der Waals surface area contributed by atoms with Crippen molar-refractivity contribution in [2.45, 2.75) is 26.0 Å². The molecule has 2 N–H and O–H groups in total. The Balaban J connectivity index is 1.61. The van der Waals surface area contributed by atoms with Gasteiger partial charge in [-0.1, -0.05) is 37.3 Å². The Morgan fingerprint density at radius 2 is 1.84 bits per heavy atom. The van der Waals surface area contributed by atoms with E-state index < -0.39 is 17.4 Å². The predicted molar refractivity (Wildman–Crippen MR) is 124 cm³/mol. The number of nitrogens with zero attached hydrogens (tertiary/aromatic N) is 4. The number of aliphatic hydroxyl groups excluding tert-OH is 1. The molecule has 0 aliphatic heterocycles. The molecule has 4 rings (SSSR count). The van der Waals surface area contributed by atoms with Gasteiger partial charge in [-0.25, -0.2) is 4.79 Å². The zero-order valence-electron chi connectivity index (χ0n) is 18.4. The van der Waals surface area contributed by atoms with E-state index in [0.717, 1.165) is 21.8 Å². The van der Waals surface area contributed by atoms with Crippen LogP contribution < -0.4 is 21.3 Å². The number of fused-ring (bicyclic) bond motifs is 2. The molecule has 32 heavy (non-hydrogen) atoms. The second-order valence-electron chi connectivity index (χ2n) is 7.82. The van der Waals surface area contributed by atoms with E-state index in [-0.39, 0.29) is 24.3 Å². The summed E-state index contributed by atoms with van der Waals surface area (Å²) in [7, 11) is 3.00. The second kappa shape index (κ2) is 8.88. The Morgan fingerprint density at radius 3 is 2.59 bits per heavy atom. The summed E-state index contributed by atoms with van der Waals surface area (Å²) in [6.45, 7) is 2.78. The molecule has 0 amide bonds. The first-order valence-electron chi connectivity index (χ1n) is 10.6. The van der Waals surface area contributed by atoms with E-state index >= 15 is 0 Å². The molecule has 0 aliphatic rings. The van der Waals surface area contributed by atoms with E-state index in [9.17, 15) is 14.7 Å². The lowest BCUT2D eigenvalue weighted by Crippen LogP contribution is -2.38. The maximum atomic E-state index is 12.8. The van der Waals surface area contributed by atoms with Gasteiger partial charge in [0.25, 0.3) is 5.56 Å². The van der Waals surface area contributed by atoms with Gasteiger partial charge in [-0.2, -0.15) is 4.98 Å². The highest BCUT2D eigenvalue weighted by atomic mass is 16.5. The van der Waals surface area contributed by atoms with Gasteiger partial charge in [0.2, 0.25) is 5.95 Å². The summed E-state index contributed by atoms with van der Waals surface area (Å²) in [4.78, 5) is 29.6. The van der Waals surface area contributed by atoms with Crippen LogP contribution in [0.5, 0.6) is 5.75 Å². The number of hydrogen-bond acceptors (Lipinski definition) is 6. The van der Waals surface area contributed by atoms with Gasteiger partial charge in [-0.15, -0.1) is 0 Å². The summed E-state index contributed by atoms with van der Waals surface area (Å²) in [6, 6.07) is 13.7. The Labute approximate surface area is 184 Å². The van der Waals surface area contributed by atoms with Crippen LogP contribution in [-0.2, 0) is 20.6 Å². The third-order valence-electron chi connectivity index (χ3n) is 5.44. The molecule has 9 heteroatoms. The second-order valence-corrected chi connectivity index (χ2v) is 7.82. The molecule has 168 valence electrons. The van der Waals surface area contributed by atoms with Crippen LogP contribution >= 0.6 is 0 Å². The first-order valence-corrected chi connectivity index (χ1v) is 10.6. The van der Waals surface area contributed by atoms with Crippen molar-refractivity contribution >= 4 is 27.9 Å². The van der Waals surface area contributed by atoms with Gasteiger partial charge in [-0.3, -0.25) is 13.9 Å². The minimum Gasteiger partial charge on any atom is -0.491 e. The molecule has 2 aromatic carbocycles. The monoisotopic (exact) mass is 437 g/mol. The van der Waals surface area contributed by atoms with Crippen LogP contribution in [0, 0.1) is 0 Å².